The summed E-state index contributed by atoms with van der Waals surface area (Å²) >= 11 is 0. The number of halogens is 2. The number of anilines is 2. The van der Waals surface area contributed by atoms with Gasteiger partial charge in [-0.15, -0.1) is 0 Å². The van der Waals surface area contributed by atoms with Crippen molar-refractivity contribution < 1.29 is 27.6 Å². The Balaban J connectivity index is 0.693. The van der Waals surface area contributed by atoms with Crippen molar-refractivity contribution in [3.8, 4) is 11.5 Å². The van der Waals surface area contributed by atoms with E-state index in [0.717, 1.165) is 101 Å². The third-order valence-electron chi connectivity index (χ3n) is 14.1. The van der Waals surface area contributed by atoms with Gasteiger partial charge in [0.2, 0.25) is 17.7 Å². The molecule has 4 aromatic heterocycles. The van der Waals surface area contributed by atoms with Crippen molar-refractivity contribution in [2.75, 3.05) is 56.9 Å². The number of alkyl halides is 2. The summed E-state index contributed by atoms with van der Waals surface area (Å²) in [6.07, 6.45) is 13.3. The molecule has 2 aliphatic heterocycles. The predicted octanol–water partition coefficient (Wildman–Crippen LogP) is 6.97. The van der Waals surface area contributed by atoms with Gasteiger partial charge < -0.3 is 24.9 Å². The van der Waals surface area contributed by atoms with Crippen molar-refractivity contribution in [1.29, 1.82) is 0 Å². The number of amides is 3. The summed E-state index contributed by atoms with van der Waals surface area (Å²) < 4.78 is 38.8. The number of imidazole rings is 1. The molecule has 9 rings (SSSR count). The number of rotatable bonds is 18. The lowest BCUT2D eigenvalue weighted by atomic mass is 9.85. The molecule has 1 unspecified atom stereocenters. The molecule has 352 valence electrons. The van der Waals surface area contributed by atoms with E-state index in [-0.39, 0.29) is 41.3 Å². The highest BCUT2D eigenvalue weighted by molar-refractivity contribution is 6.03. The number of benzene rings is 1. The van der Waals surface area contributed by atoms with Crippen LogP contribution in [-0.4, -0.2) is 103 Å². The average molecular weight is 910 g/mol. The first-order valence-electron chi connectivity index (χ1n) is 23.7. The van der Waals surface area contributed by atoms with Gasteiger partial charge >= 0.3 is 5.69 Å². The van der Waals surface area contributed by atoms with Gasteiger partial charge in [-0.1, -0.05) is 12.1 Å². The van der Waals surface area contributed by atoms with Crippen LogP contribution in [0.1, 0.15) is 117 Å². The standard InChI is InChI=1S/C48H61F2N11O5/c1-57(27-32-18-22-59(23-19-32)21-4-3-6-33-7-5-8-38-43(33)58(2)48(65)61(38)39-15-16-41(62)55-46(39)64)26-31-11-13-35(14-12-31)60-28-36(42(56-60)44(49)50)53-45(63)37-29-66-47(54-37)34-17-20-51-40(24-34)52-25-30-9-10-30/h5,7-8,17,20,24,28-32,35,39,44H,3-4,6,9-16,18-19,21-23,25-27H2,1-2H3,(H,51,52)(H,53,63)(H,55,62,64)/t31-,35-,39?. The van der Waals surface area contributed by atoms with E-state index in [1.165, 1.54) is 38.1 Å². The number of imide groups is 1. The van der Waals surface area contributed by atoms with E-state index in [4.69, 9.17) is 4.42 Å². The van der Waals surface area contributed by atoms with E-state index < -0.39 is 30.0 Å². The number of nitrogens with one attached hydrogen (secondary N) is 3. The topological polar surface area (TPSA) is 177 Å². The van der Waals surface area contributed by atoms with E-state index >= 15 is 0 Å². The maximum Gasteiger partial charge on any atom is 0.329 e. The number of aromatic nitrogens is 6. The zero-order valence-electron chi connectivity index (χ0n) is 37.9. The van der Waals surface area contributed by atoms with Gasteiger partial charge in [0.1, 0.15) is 18.1 Å². The lowest BCUT2D eigenvalue weighted by molar-refractivity contribution is -0.135. The molecule has 18 heteroatoms. The van der Waals surface area contributed by atoms with E-state index in [0.29, 0.717) is 35.6 Å². The zero-order valence-corrected chi connectivity index (χ0v) is 37.9. The normalized spacial score (nSPS) is 21.0. The van der Waals surface area contributed by atoms with Crippen LogP contribution in [0.2, 0.25) is 0 Å². The minimum absolute atomic E-state index is 0.0194. The molecule has 0 bridgehead atoms. The van der Waals surface area contributed by atoms with Crippen LogP contribution in [0.3, 0.4) is 0 Å². The Labute approximate surface area is 382 Å². The monoisotopic (exact) mass is 909 g/mol. The molecule has 4 aliphatic rings. The van der Waals surface area contributed by atoms with Crippen molar-refractivity contribution in [3.05, 3.63) is 76.4 Å². The molecule has 16 nitrogen and oxygen atoms in total. The van der Waals surface area contributed by atoms with Crippen molar-refractivity contribution in [2.24, 2.45) is 24.8 Å². The SMILES string of the molecule is CN(CC1CCN(CCCCc2cccc3c2n(C)c(=O)n3C2CCC(=O)NC2=O)CC1)C[C@H]1CC[C@H](n2cc(NC(=O)c3coc(-c4ccnc(NCC5CC5)c4)n3)c(C(F)F)n2)CC1. The summed E-state index contributed by atoms with van der Waals surface area (Å²) in [6.45, 7) is 6.12. The van der Waals surface area contributed by atoms with Gasteiger partial charge in [0.25, 0.3) is 12.3 Å². The molecule has 1 atom stereocenters. The van der Waals surface area contributed by atoms with Crippen LogP contribution in [0.5, 0.6) is 0 Å². The molecule has 6 heterocycles. The third-order valence-corrected chi connectivity index (χ3v) is 14.1. The second-order valence-corrected chi connectivity index (χ2v) is 19.1. The van der Waals surface area contributed by atoms with Gasteiger partial charge in [-0.05, 0) is 145 Å². The molecule has 2 aliphatic carbocycles. The number of hydrogen-bond donors (Lipinski definition) is 3. The highest BCUT2D eigenvalue weighted by Crippen LogP contribution is 2.36. The molecule has 2 saturated carbocycles. The highest BCUT2D eigenvalue weighted by atomic mass is 19.3. The zero-order chi connectivity index (χ0) is 45.9. The number of carbonyl (C=O) groups is 3. The molecule has 0 radical (unpaired) electrons. The number of hydrogen-bond acceptors (Lipinski definition) is 11. The first kappa shape index (κ1) is 45.4. The average Bonchev–Trinajstić information content (AvgIpc) is 3.71. The first-order chi connectivity index (χ1) is 32.0. The van der Waals surface area contributed by atoms with Gasteiger partial charge in [-0.25, -0.2) is 23.5 Å². The molecule has 2 saturated heterocycles. The second-order valence-electron chi connectivity index (χ2n) is 19.1. The maximum atomic E-state index is 14.2. The minimum atomic E-state index is -2.86. The summed E-state index contributed by atoms with van der Waals surface area (Å²) in [4.78, 5) is 64.6. The number of para-hydroxylation sites is 1. The molecule has 3 amide bonds. The number of aryl methyl sites for hydroxylation is 2. The van der Waals surface area contributed by atoms with Gasteiger partial charge in [0, 0.05) is 51.1 Å². The smallest absolute Gasteiger partial charge is 0.329 e. The fraction of sp³-hybridized carbons (Fsp3) is 0.562. The van der Waals surface area contributed by atoms with Crippen LogP contribution in [0.4, 0.5) is 20.3 Å². The number of fused-ring (bicyclic) bond motifs is 1. The molecular formula is C48H61F2N11O5. The van der Waals surface area contributed by atoms with Crippen molar-refractivity contribution >= 4 is 40.3 Å². The van der Waals surface area contributed by atoms with Gasteiger partial charge in [-0.3, -0.25) is 33.5 Å². The van der Waals surface area contributed by atoms with Crippen LogP contribution < -0.4 is 21.6 Å². The Morgan fingerprint density at radius 3 is 2.47 bits per heavy atom. The second kappa shape index (κ2) is 20.0. The van der Waals surface area contributed by atoms with Gasteiger partial charge in [-0.2, -0.15) is 5.10 Å². The molecule has 66 heavy (non-hydrogen) atoms. The quantitative estimate of drug-likeness (QED) is 0.0611. The number of piperidine rings is 2. The minimum Gasteiger partial charge on any atom is -0.444 e. The number of oxazole rings is 1. The fourth-order valence-corrected chi connectivity index (χ4v) is 10.3. The van der Waals surface area contributed by atoms with E-state index in [9.17, 15) is 28.0 Å². The molecule has 3 N–H and O–H groups in total. The molecular weight excluding hydrogens is 849 g/mol. The van der Waals surface area contributed by atoms with Crippen LogP contribution in [0.15, 0.2) is 58.2 Å². The number of carbonyl (C=O) groups excluding carboxylic acids is 3. The molecule has 5 aromatic rings. The first-order valence-corrected chi connectivity index (χ1v) is 23.7. The summed E-state index contributed by atoms with van der Waals surface area (Å²) in [7, 11) is 3.97. The van der Waals surface area contributed by atoms with Crippen molar-refractivity contribution in [1.82, 2.24) is 44.0 Å². The maximum absolute atomic E-state index is 14.2. The van der Waals surface area contributed by atoms with E-state index in [1.54, 1.807) is 33.1 Å². The summed E-state index contributed by atoms with van der Waals surface area (Å²) in [5, 5.41) is 12.6. The molecule has 1 aromatic carbocycles. The molecule has 4 fully saturated rings. The predicted molar refractivity (Wildman–Crippen MR) is 245 cm³/mol. The third kappa shape index (κ3) is 10.4. The molecule has 0 spiro atoms. The van der Waals surface area contributed by atoms with Gasteiger partial charge in [0.15, 0.2) is 11.4 Å². The largest absolute Gasteiger partial charge is 0.444 e. The van der Waals surface area contributed by atoms with E-state index in [1.807, 2.05) is 18.2 Å². The number of likely N-dealkylation sites (tertiary alicyclic amines) is 1. The lowest BCUT2D eigenvalue weighted by Gasteiger charge is -2.36. The number of pyridine rings is 1. The number of unbranched alkanes of at least 4 members (excludes halogenated alkanes) is 1. The summed E-state index contributed by atoms with van der Waals surface area (Å²) in [5.74, 6) is 1.40. The van der Waals surface area contributed by atoms with Gasteiger partial charge in [0.05, 0.1) is 22.8 Å². The summed E-state index contributed by atoms with van der Waals surface area (Å²) in [6, 6.07) is 8.74. The van der Waals surface area contributed by atoms with Crippen LogP contribution in [-0.2, 0) is 23.1 Å². The highest BCUT2D eigenvalue weighted by Gasteiger charge is 2.32. The Morgan fingerprint density at radius 2 is 1.73 bits per heavy atom. The van der Waals surface area contributed by atoms with Crippen LogP contribution in [0, 0.1) is 17.8 Å². The summed E-state index contributed by atoms with van der Waals surface area (Å²) in [5.41, 5.74) is 2.60. The van der Waals surface area contributed by atoms with Crippen molar-refractivity contribution in [2.45, 2.75) is 102 Å². The van der Waals surface area contributed by atoms with Crippen LogP contribution in [0.25, 0.3) is 22.5 Å². The lowest BCUT2D eigenvalue weighted by Crippen LogP contribution is -2.44. The van der Waals surface area contributed by atoms with Crippen molar-refractivity contribution in [3.63, 3.8) is 0 Å². The Kier molecular flexibility index (Phi) is 13.8. The van der Waals surface area contributed by atoms with E-state index in [2.05, 4.69) is 53.9 Å². The fourth-order valence-electron chi connectivity index (χ4n) is 10.3. The number of nitrogens with zero attached hydrogens (tertiary/aromatic N) is 8. The Hall–Kier alpha value is -5.75. The Morgan fingerprint density at radius 1 is 0.970 bits per heavy atom. The Bertz CT molecular complexity index is 2580. The van der Waals surface area contributed by atoms with Crippen LogP contribution >= 0.6 is 0 Å².